The fourth-order valence-corrected chi connectivity index (χ4v) is 1.71. The summed E-state index contributed by atoms with van der Waals surface area (Å²) >= 11 is 0. The SMILES string of the molecule is CN1C(=O)C(c2ccccc2)C(=O)N1C. The molecule has 1 fully saturated rings. The van der Waals surface area contributed by atoms with Gasteiger partial charge in [-0.3, -0.25) is 19.6 Å². The molecule has 0 spiro atoms. The van der Waals surface area contributed by atoms with Gasteiger partial charge in [0.05, 0.1) is 0 Å². The average Bonchev–Trinajstić information content (AvgIpc) is 2.45. The van der Waals surface area contributed by atoms with Crippen LogP contribution >= 0.6 is 0 Å². The molecule has 4 nitrogen and oxygen atoms in total. The van der Waals surface area contributed by atoms with E-state index in [9.17, 15) is 9.59 Å². The molecule has 2 rings (SSSR count). The minimum atomic E-state index is -0.666. The molecular formula is C11H12N2O2. The van der Waals surface area contributed by atoms with E-state index < -0.39 is 5.92 Å². The Morgan fingerprint density at radius 2 is 1.40 bits per heavy atom. The van der Waals surface area contributed by atoms with Crippen molar-refractivity contribution in [2.45, 2.75) is 5.92 Å². The highest BCUT2D eigenvalue weighted by Crippen LogP contribution is 2.26. The van der Waals surface area contributed by atoms with Crippen LogP contribution < -0.4 is 0 Å². The molecular weight excluding hydrogens is 192 g/mol. The van der Waals surface area contributed by atoms with E-state index in [4.69, 9.17) is 0 Å². The zero-order valence-corrected chi connectivity index (χ0v) is 8.68. The topological polar surface area (TPSA) is 40.6 Å². The summed E-state index contributed by atoms with van der Waals surface area (Å²) in [7, 11) is 3.20. The molecule has 1 aromatic carbocycles. The van der Waals surface area contributed by atoms with E-state index in [0.717, 1.165) is 5.56 Å². The van der Waals surface area contributed by atoms with Gasteiger partial charge in [0.15, 0.2) is 0 Å². The van der Waals surface area contributed by atoms with Crippen molar-refractivity contribution in [1.29, 1.82) is 0 Å². The van der Waals surface area contributed by atoms with Gasteiger partial charge in [0.25, 0.3) is 11.8 Å². The third-order valence-corrected chi connectivity index (χ3v) is 2.71. The Morgan fingerprint density at radius 1 is 0.933 bits per heavy atom. The van der Waals surface area contributed by atoms with Crippen LogP contribution in [0.15, 0.2) is 30.3 Å². The van der Waals surface area contributed by atoms with Gasteiger partial charge in [-0.05, 0) is 5.56 Å². The van der Waals surface area contributed by atoms with Crippen molar-refractivity contribution in [3.63, 3.8) is 0 Å². The summed E-state index contributed by atoms with van der Waals surface area (Å²) in [5, 5.41) is 2.69. The lowest BCUT2D eigenvalue weighted by atomic mass is 9.99. The molecule has 2 amide bonds. The number of amides is 2. The number of carbonyl (C=O) groups is 2. The van der Waals surface area contributed by atoms with Gasteiger partial charge in [-0.2, -0.15) is 0 Å². The van der Waals surface area contributed by atoms with Gasteiger partial charge in [-0.1, -0.05) is 30.3 Å². The predicted octanol–water partition coefficient (Wildman–Crippen LogP) is 0.616. The van der Waals surface area contributed by atoms with Crippen LogP contribution in [0.3, 0.4) is 0 Å². The lowest BCUT2D eigenvalue weighted by Crippen LogP contribution is -2.33. The maximum atomic E-state index is 11.8. The van der Waals surface area contributed by atoms with Gasteiger partial charge in [0.1, 0.15) is 5.92 Å². The molecule has 0 aliphatic carbocycles. The normalized spacial score (nSPS) is 17.7. The molecule has 0 N–H and O–H groups in total. The van der Waals surface area contributed by atoms with Crippen LogP contribution in [0, 0.1) is 0 Å². The molecule has 0 bridgehead atoms. The molecule has 0 radical (unpaired) electrons. The number of rotatable bonds is 1. The Morgan fingerprint density at radius 3 is 1.87 bits per heavy atom. The Bertz CT molecular complexity index is 382. The van der Waals surface area contributed by atoms with Crippen molar-refractivity contribution in [2.24, 2.45) is 0 Å². The summed E-state index contributed by atoms with van der Waals surface area (Å²) in [5.41, 5.74) is 0.753. The quantitative estimate of drug-likeness (QED) is 0.629. The van der Waals surface area contributed by atoms with E-state index in [0.29, 0.717) is 0 Å². The van der Waals surface area contributed by atoms with Crippen LogP contribution in [-0.4, -0.2) is 35.9 Å². The van der Waals surface area contributed by atoms with E-state index in [1.807, 2.05) is 18.2 Å². The minimum absolute atomic E-state index is 0.172. The number of likely N-dealkylation sites (N-methyl/N-ethyl adjacent to an activating group) is 2. The minimum Gasteiger partial charge on any atom is -0.272 e. The number of hydrazine groups is 1. The van der Waals surface area contributed by atoms with Crippen molar-refractivity contribution >= 4 is 11.8 Å². The fraction of sp³-hybridized carbons (Fsp3) is 0.273. The average molecular weight is 204 g/mol. The van der Waals surface area contributed by atoms with Gasteiger partial charge >= 0.3 is 0 Å². The van der Waals surface area contributed by atoms with Gasteiger partial charge in [-0.25, -0.2) is 0 Å². The van der Waals surface area contributed by atoms with E-state index in [1.54, 1.807) is 26.2 Å². The highest BCUT2D eigenvalue weighted by atomic mass is 16.2. The van der Waals surface area contributed by atoms with Crippen LogP contribution in [0.25, 0.3) is 0 Å². The molecule has 0 unspecified atom stereocenters. The molecule has 0 saturated carbocycles. The second-order valence-electron chi connectivity index (χ2n) is 3.57. The van der Waals surface area contributed by atoms with Crippen LogP contribution in [0.5, 0.6) is 0 Å². The number of hydrogen-bond donors (Lipinski definition) is 0. The molecule has 1 aliphatic heterocycles. The van der Waals surface area contributed by atoms with Gasteiger partial charge in [0, 0.05) is 14.1 Å². The lowest BCUT2D eigenvalue weighted by Gasteiger charge is -2.17. The Labute approximate surface area is 88.1 Å². The smallest absolute Gasteiger partial charge is 0.258 e. The van der Waals surface area contributed by atoms with Crippen LogP contribution in [0.4, 0.5) is 0 Å². The number of hydrogen-bond acceptors (Lipinski definition) is 2. The van der Waals surface area contributed by atoms with Gasteiger partial charge < -0.3 is 0 Å². The molecule has 0 atom stereocenters. The fourth-order valence-electron chi connectivity index (χ4n) is 1.71. The zero-order valence-electron chi connectivity index (χ0n) is 8.68. The molecule has 1 saturated heterocycles. The number of carbonyl (C=O) groups excluding carboxylic acids is 2. The highest BCUT2D eigenvalue weighted by molar-refractivity contribution is 6.09. The van der Waals surface area contributed by atoms with Crippen LogP contribution in [0.2, 0.25) is 0 Å². The standard InChI is InChI=1S/C11H12N2O2/c1-12-10(14)9(11(15)13(12)2)8-6-4-3-5-7-8/h3-7,9H,1-2H3. The second kappa shape index (κ2) is 3.38. The first-order valence-electron chi connectivity index (χ1n) is 4.73. The molecule has 15 heavy (non-hydrogen) atoms. The molecule has 1 heterocycles. The summed E-state index contributed by atoms with van der Waals surface area (Å²) in [6.07, 6.45) is 0. The van der Waals surface area contributed by atoms with Crippen molar-refractivity contribution < 1.29 is 9.59 Å². The number of nitrogens with zero attached hydrogens (tertiary/aromatic N) is 2. The van der Waals surface area contributed by atoms with Gasteiger partial charge in [0.2, 0.25) is 0 Å². The van der Waals surface area contributed by atoms with E-state index in [2.05, 4.69) is 0 Å². The van der Waals surface area contributed by atoms with Gasteiger partial charge in [-0.15, -0.1) is 0 Å². The summed E-state index contributed by atoms with van der Waals surface area (Å²) in [4.78, 5) is 23.6. The van der Waals surface area contributed by atoms with Crippen molar-refractivity contribution in [2.75, 3.05) is 14.1 Å². The van der Waals surface area contributed by atoms with Crippen molar-refractivity contribution in [3.05, 3.63) is 35.9 Å². The van der Waals surface area contributed by atoms with E-state index >= 15 is 0 Å². The van der Waals surface area contributed by atoms with Crippen molar-refractivity contribution in [1.82, 2.24) is 10.0 Å². The molecule has 1 aliphatic rings. The lowest BCUT2D eigenvalue weighted by molar-refractivity contribution is -0.141. The monoisotopic (exact) mass is 204 g/mol. The summed E-state index contributed by atoms with van der Waals surface area (Å²) in [5.74, 6) is -1.01. The van der Waals surface area contributed by atoms with Crippen molar-refractivity contribution in [3.8, 4) is 0 Å². The molecule has 78 valence electrons. The summed E-state index contributed by atoms with van der Waals surface area (Å²) in [6.45, 7) is 0. The van der Waals surface area contributed by atoms with E-state index in [-0.39, 0.29) is 11.8 Å². The Hall–Kier alpha value is -1.84. The molecule has 0 aromatic heterocycles. The summed E-state index contributed by atoms with van der Waals surface area (Å²) < 4.78 is 0. The highest BCUT2D eigenvalue weighted by Gasteiger charge is 2.42. The largest absolute Gasteiger partial charge is 0.272 e. The van der Waals surface area contributed by atoms with Crippen LogP contribution in [0.1, 0.15) is 11.5 Å². The third kappa shape index (κ3) is 1.38. The number of benzene rings is 1. The Balaban J connectivity index is 2.39. The zero-order chi connectivity index (χ0) is 11.0. The second-order valence-corrected chi connectivity index (χ2v) is 3.57. The predicted molar refractivity (Wildman–Crippen MR) is 54.7 cm³/mol. The first-order valence-corrected chi connectivity index (χ1v) is 4.73. The first-order chi connectivity index (χ1) is 7.13. The Kier molecular flexibility index (Phi) is 2.19. The van der Waals surface area contributed by atoms with E-state index in [1.165, 1.54) is 10.0 Å². The molecule has 1 aromatic rings. The molecule has 4 heteroatoms. The first kappa shape index (κ1) is 9.71. The summed E-state index contributed by atoms with van der Waals surface area (Å²) in [6, 6.07) is 9.12. The maximum Gasteiger partial charge on any atom is 0.258 e. The third-order valence-electron chi connectivity index (χ3n) is 2.71. The maximum absolute atomic E-state index is 11.8. The van der Waals surface area contributed by atoms with Crippen LogP contribution in [-0.2, 0) is 9.59 Å².